The van der Waals surface area contributed by atoms with Crippen LogP contribution in [0.25, 0.3) is 17.0 Å². The molecule has 3 aromatic rings. The lowest BCUT2D eigenvalue weighted by molar-refractivity contribution is 0.104. The van der Waals surface area contributed by atoms with Crippen molar-refractivity contribution in [2.45, 2.75) is 13.8 Å². The van der Waals surface area contributed by atoms with E-state index in [-0.39, 0.29) is 11.3 Å². The Balaban J connectivity index is 1.91. The van der Waals surface area contributed by atoms with Gasteiger partial charge in [-0.1, -0.05) is 34.1 Å². The Bertz CT molecular complexity index is 1050. The third-order valence-corrected chi connectivity index (χ3v) is 4.94. The molecule has 4 nitrogen and oxygen atoms in total. The van der Waals surface area contributed by atoms with Gasteiger partial charge in [-0.25, -0.2) is 4.79 Å². The molecular weight excluding hydrogens is 406 g/mol. The average molecular weight is 426 g/mol. The molecule has 0 unspecified atom stereocenters. The number of carbonyl (C=O) groups excluding carboxylic acids is 1. The molecule has 27 heavy (non-hydrogen) atoms. The van der Waals surface area contributed by atoms with E-state index < -0.39 is 5.63 Å². The molecule has 0 saturated heterocycles. The molecule has 0 radical (unpaired) electrons. The lowest BCUT2D eigenvalue weighted by atomic mass is 10.1. The van der Waals surface area contributed by atoms with Crippen LogP contribution < -0.4 is 10.5 Å². The number of allylic oxidation sites excluding steroid dienone is 1. The molecule has 1 aromatic heterocycles. The molecule has 0 N–H and O–H groups in total. The smallest absolute Gasteiger partial charge is 0.347 e. The van der Waals surface area contributed by atoms with E-state index in [1.165, 1.54) is 6.08 Å². The first-order chi connectivity index (χ1) is 13.0. The lowest BCUT2D eigenvalue weighted by Gasteiger charge is -2.20. The number of carbonyl (C=O) groups is 1. The number of hydrogen-bond acceptors (Lipinski definition) is 4. The molecule has 0 amide bonds. The molecule has 3 rings (SSSR count). The van der Waals surface area contributed by atoms with Crippen LogP contribution in [-0.4, -0.2) is 18.9 Å². The van der Waals surface area contributed by atoms with Gasteiger partial charge in [-0.15, -0.1) is 0 Å². The topological polar surface area (TPSA) is 50.5 Å². The summed E-state index contributed by atoms with van der Waals surface area (Å²) in [5, 5.41) is 0.728. The predicted octanol–water partition coefficient (Wildman–Crippen LogP) is 5.30. The molecule has 0 fully saturated rings. The molecule has 0 aliphatic carbocycles. The number of ketones is 1. The second-order valence-electron chi connectivity index (χ2n) is 6.09. The molecule has 5 heteroatoms. The van der Waals surface area contributed by atoms with Gasteiger partial charge in [0.1, 0.15) is 11.1 Å². The van der Waals surface area contributed by atoms with E-state index in [1.807, 2.05) is 42.5 Å². The maximum absolute atomic E-state index is 12.5. The maximum Gasteiger partial charge on any atom is 0.347 e. The fourth-order valence-corrected chi connectivity index (χ4v) is 3.16. The Kier molecular flexibility index (Phi) is 5.91. The Morgan fingerprint density at radius 2 is 1.78 bits per heavy atom. The van der Waals surface area contributed by atoms with Crippen molar-refractivity contribution < 1.29 is 9.21 Å². The summed E-state index contributed by atoms with van der Waals surface area (Å²) < 4.78 is 6.38. The quantitative estimate of drug-likeness (QED) is 0.305. The zero-order valence-electron chi connectivity index (χ0n) is 15.2. The summed E-state index contributed by atoms with van der Waals surface area (Å²) in [5.41, 5.74) is 1.76. The summed E-state index contributed by atoms with van der Waals surface area (Å²) in [6, 6.07) is 14.8. The second kappa shape index (κ2) is 8.35. The molecule has 2 aromatic carbocycles. The fraction of sp³-hybridized carbons (Fsp3) is 0.182. The van der Waals surface area contributed by atoms with Crippen LogP contribution in [0, 0.1) is 0 Å². The molecule has 0 aliphatic rings. The average Bonchev–Trinajstić information content (AvgIpc) is 2.67. The van der Waals surface area contributed by atoms with Crippen molar-refractivity contribution in [3.05, 3.63) is 80.6 Å². The highest BCUT2D eigenvalue weighted by molar-refractivity contribution is 9.10. The molecule has 0 spiro atoms. The van der Waals surface area contributed by atoms with Crippen LogP contribution in [0.1, 0.15) is 29.8 Å². The van der Waals surface area contributed by atoms with E-state index in [9.17, 15) is 9.59 Å². The van der Waals surface area contributed by atoms with Crippen LogP contribution in [-0.2, 0) is 0 Å². The van der Waals surface area contributed by atoms with Crippen LogP contribution in [0.3, 0.4) is 0 Å². The summed E-state index contributed by atoms with van der Waals surface area (Å²) in [5.74, 6) is -0.374. The van der Waals surface area contributed by atoms with Gasteiger partial charge in [0.15, 0.2) is 5.78 Å². The van der Waals surface area contributed by atoms with Crippen molar-refractivity contribution in [3.8, 4) is 0 Å². The van der Waals surface area contributed by atoms with Crippen molar-refractivity contribution in [1.82, 2.24) is 0 Å². The van der Waals surface area contributed by atoms with Gasteiger partial charge in [-0.05, 0) is 55.8 Å². The first kappa shape index (κ1) is 19.1. The van der Waals surface area contributed by atoms with Gasteiger partial charge in [0.25, 0.3) is 0 Å². The highest BCUT2D eigenvalue weighted by Crippen LogP contribution is 2.22. The number of hydrogen-bond donors (Lipinski definition) is 0. The van der Waals surface area contributed by atoms with E-state index >= 15 is 0 Å². The predicted molar refractivity (Wildman–Crippen MR) is 114 cm³/mol. The van der Waals surface area contributed by atoms with Crippen LogP contribution in [0.15, 0.2) is 68.3 Å². The molecule has 1 heterocycles. The van der Waals surface area contributed by atoms with E-state index in [1.54, 1.807) is 12.1 Å². The van der Waals surface area contributed by atoms with Gasteiger partial charge in [-0.3, -0.25) is 4.79 Å². The van der Waals surface area contributed by atoms with Gasteiger partial charge in [0.05, 0.1) is 0 Å². The summed E-state index contributed by atoms with van der Waals surface area (Å²) >= 11 is 3.37. The van der Waals surface area contributed by atoms with Crippen LogP contribution in [0.4, 0.5) is 5.69 Å². The molecule has 0 saturated carbocycles. The summed E-state index contributed by atoms with van der Waals surface area (Å²) in [7, 11) is 0. The summed E-state index contributed by atoms with van der Waals surface area (Å²) in [4.78, 5) is 26.9. The number of rotatable bonds is 6. The molecular formula is C22H20BrNO3. The zero-order valence-corrected chi connectivity index (χ0v) is 16.8. The first-order valence-corrected chi connectivity index (χ1v) is 9.62. The number of anilines is 1. The summed E-state index contributed by atoms with van der Waals surface area (Å²) in [6.45, 7) is 5.88. The fourth-order valence-electron chi connectivity index (χ4n) is 2.89. The van der Waals surface area contributed by atoms with E-state index in [2.05, 4.69) is 34.7 Å². The molecule has 0 atom stereocenters. The summed E-state index contributed by atoms with van der Waals surface area (Å²) in [6.07, 6.45) is 3.08. The largest absolute Gasteiger partial charge is 0.422 e. The minimum atomic E-state index is -0.621. The Morgan fingerprint density at radius 3 is 2.44 bits per heavy atom. The normalized spacial score (nSPS) is 11.2. The number of fused-ring (bicyclic) bond motifs is 1. The van der Waals surface area contributed by atoms with Crippen LogP contribution in [0.5, 0.6) is 0 Å². The van der Waals surface area contributed by atoms with Crippen molar-refractivity contribution in [3.63, 3.8) is 0 Å². The monoisotopic (exact) mass is 425 g/mol. The zero-order chi connectivity index (χ0) is 19.4. The number of halogens is 1. The highest BCUT2D eigenvalue weighted by atomic mass is 79.9. The van der Waals surface area contributed by atoms with Gasteiger partial charge in [-0.2, -0.15) is 0 Å². The maximum atomic E-state index is 12.5. The van der Waals surface area contributed by atoms with E-state index in [0.717, 1.165) is 34.2 Å². The highest BCUT2D eigenvalue weighted by Gasteiger charge is 2.12. The van der Waals surface area contributed by atoms with Gasteiger partial charge >= 0.3 is 5.63 Å². The number of benzene rings is 2. The van der Waals surface area contributed by atoms with Crippen molar-refractivity contribution in [2.75, 3.05) is 18.0 Å². The minimum absolute atomic E-state index is 0.0338. The Labute approximate surface area is 166 Å². The molecule has 0 bridgehead atoms. The van der Waals surface area contributed by atoms with Crippen LogP contribution in [0.2, 0.25) is 0 Å². The third-order valence-electron chi connectivity index (χ3n) is 4.41. The first-order valence-electron chi connectivity index (χ1n) is 8.82. The van der Waals surface area contributed by atoms with Gasteiger partial charge in [0, 0.05) is 34.7 Å². The molecule has 138 valence electrons. The van der Waals surface area contributed by atoms with Crippen molar-refractivity contribution in [1.29, 1.82) is 0 Å². The van der Waals surface area contributed by atoms with E-state index in [4.69, 9.17) is 4.42 Å². The van der Waals surface area contributed by atoms with Gasteiger partial charge < -0.3 is 9.32 Å². The molecule has 0 aliphatic heterocycles. The van der Waals surface area contributed by atoms with Crippen molar-refractivity contribution in [2.24, 2.45) is 0 Å². The number of nitrogens with zero attached hydrogens (tertiary/aromatic N) is 1. The second-order valence-corrected chi connectivity index (χ2v) is 7.01. The van der Waals surface area contributed by atoms with E-state index in [0.29, 0.717) is 5.58 Å². The third kappa shape index (κ3) is 4.37. The minimum Gasteiger partial charge on any atom is -0.422 e. The standard InChI is InChI=1S/C22H20BrNO3/c1-3-24(4-2)18-11-8-16-13-19(22(26)27-21(16)14-18)20(25)12-7-15-5-9-17(23)10-6-15/h5-14H,3-4H2,1-2H3/b12-7+. The lowest BCUT2D eigenvalue weighted by Crippen LogP contribution is -2.21. The SMILES string of the molecule is CCN(CC)c1ccc2cc(C(=O)/C=C/c3ccc(Br)cc3)c(=O)oc2c1. The van der Waals surface area contributed by atoms with Crippen LogP contribution >= 0.6 is 15.9 Å². The van der Waals surface area contributed by atoms with Gasteiger partial charge in [0.2, 0.25) is 0 Å². The van der Waals surface area contributed by atoms with Crippen molar-refractivity contribution >= 4 is 44.4 Å². The Hall–Kier alpha value is -2.66. The Morgan fingerprint density at radius 1 is 1.07 bits per heavy atom.